The van der Waals surface area contributed by atoms with E-state index in [9.17, 15) is 9.59 Å². The standard InChI is InChI=1S/C10H18N2O4/c1-10(16-5-9(14)15)6-12(7-10)8(13)4-11(2)3/h4-7H2,1-3H3,(H,14,15). The molecule has 0 bridgehead atoms. The molecule has 6 heteroatoms. The third-order valence-corrected chi connectivity index (χ3v) is 2.40. The molecule has 0 spiro atoms. The van der Waals surface area contributed by atoms with Gasteiger partial charge < -0.3 is 19.6 Å². The Hall–Kier alpha value is -1.14. The van der Waals surface area contributed by atoms with E-state index in [4.69, 9.17) is 9.84 Å². The van der Waals surface area contributed by atoms with Crippen LogP contribution in [-0.4, -0.2) is 72.7 Å². The molecule has 0 aromatic rings. The molecule has 0 aromatic heterocycles. The van der Waals surface area contributed by atoms with E-state index in [0.29, 0.717) is 19.6 Å². The largest absolute Gasteiger partial charge is 0.480 e. The van der Waals surface area contributed by atoms with Crippen molar-refractivity contribution in [2.45, 2.75) is 12.5 Å². The van der Waals surface area contributed by atoms with Crippen LogP contribution < -0.4 is 0 Å². The average Bonchev–Trinajstić information content (AvgIpc) is 2.09. The topological polar surface area (TPSA) is 70.1 Å². The highest BCUT2D eigenvalue weighted by atomic mass is 16.5. The molecule has 92 valence electrons. The Kier molecular flexibility index (Phi) is 3.88. The molecule has 1 amide bonds. The highest BCUT2D eigenvalue weighted by Crippen LogP contribution is 2.24. The molecule has 0 aromatic carbocycles. The lowest BCUT2D eigenvalue weighted by atomic mass is 9.96. The number of carboxylic acids is 1. The first-order chi connectivity index (χ1) is 7.32. The van der Waals surface area contributed by atoms with Crippen molar-refractivity contribution in [3.63, 3.8) is 0 Å². The molecule has 1 aliphatic heterocycles. The third-order valence-electron chi connectivity index (χ3n) is 2.40. The van der Waals surface area contributed by atoms with Crippen LogP contribution in [0.4, 0.5) is 0 Å². The van der Waals surface area contributed by atoms with Crippen LogP contribution in [0, 0.1) is 0 Å². The van der Waals surface area contributed by atoms with Crippen LogP contribution in [0.1, 0.15) is 6.92 Å². The van der Waals surface area contributed by atoms with Crippen LogP contribution >= 0.6 is 0 Å². The highest BCUT2D eigenvalue weighted by Gasteiger charge is 2.42. The Bertz CT molecular complexity index is 285. The van der Waals surface area contributed by atoms with Crippen molar-refractivity contribution < 1.29 is 19.4 Å². The lowest BCUT2D eigenvalue weighted by molar-refractivity contribution is -0.173. The highest BCUT2D eigenvalue weighted by molar-refractivity contribution is 5.79. The molecular weight excluding hydrogens is 212 g/mol. The number of hydrogen-bond donors (Lipinski definition) is 1. The quantitative estimate of drug-likeness (QED) is 0.673. The van der Waals surface area contributed by atoms with Gasteiger partial charge in [0.2, 0.25) is 5.91 Å². The van der Waals surface area contributed by atoms with Gasteiger partial charge in [-0.25, -0.2) is 4.79 Å². The van der Waals surface area contributed by atoms with Gasteiger partial charge in [0, 0.05) is 0 Å². The molecule has 0 aliphatic carbocycles. The molecule has 1 aliphatic rings. The van der Waals surface area contributed by atoms with Crippen molar-refractivity contribution in [2.24, 2.45) is 0 Å². The van der Waals surface area contributed by atoms with Gasteiger partial charge in [0.25, 0.3) is 0 Å². The smallest absolute Gasteiger partial charge is 0.329 e. The first kappa shape index (κ1) is 12.9. The third kappa shape index (κ3) is 3.46. The monoisotopic (exact) mass is 230 g/mol. The van der Waals surface area contributed by atoms with E-state index in [2.05, 4.69) is 0 Å². The zero-order valence-electron chi connectivity index (χ0n) is 9.89. The maximum atomic E-state index is 11.6. The van der Waals surface area contributed by atoms with E-state index in [0.717, 1.165) is 0 Å². The fraction of sp³-hybridized carbons (Fsp3) is 0.800. The lowest BCUT2D eigenvalue weighted by Gasteiger charge is -2.47. The van der Waals surface area contributed by atoms with E-state index >= 15 is 0 Å². The van der Waals surface area contributed by atoms with Crippen molar-refractivity contribution in [3.8, 4) is 0 Å². The van der Waals surface area contributed by atoms with Crippen LogP contribution in [0.5, 0.6) is 0 Å². The number of carbonyl (C=O) groups excluding carboxylic acids is 1. The molecular formula is C10H18N2O4. The summed E-state index contributed by atoms with van der Waals surface area (Å²) in [6.07, 6.45) is 0. The van der Waals surface area contributed by atoms with Gasteiger partial charge in [0.15, 0.2) is 0 Å². The number of likely N-dealkylation sites (N-methyl/N-ethyl adjacent to an activating group) is 1. The van der Waals surface area contributed by atoms with Crippen LogP contribution in [0.25, 0.3) is 0 Å². The Morgan fingerprint density at radius 2 is 2.00 bits per heavy atom. The minimum absolute atomic E-state index is 0.0430. The molecule has 1 heterocycles. The SMILES string of the molecule is CN(C)CC(=O)N1CC(C)(OCC(=O)O)C1. The predicted octanol–water partition coefficient (Wildman–Crippen LogP) is -0.750. The Labute approximate surface area is 94.8 Å². The van der Waals surface area contributed by atoms with Gasteiger partial charge >= 0.3 is 5.97 Å². The Balaban J connectivity index is 2.30. The second-order valence-electron chi connectivity index (χ2n) is 4.62. The number of ether oxygens (including phenoxy) is 1. The summed E-state index contributed by atoms with van der Waals surface area (Å²) < 4.78 is 5.21. The molecule has 1 saturated heterocycles. The van der Waals surface area contributed by atoms with Crippen molar-refractivity contribution in [3.05, 3.63) is 0 Å². The molecule has 0 radical (unpaired) electrons. The second-order valence-corrected chi connectivity index (χ2v) is 4.62. The summed E-state index contributed by atoms with van der Waals surface area (Å²) in [5.74, 6) is -0.944. The van der Waals surface area contributed by atoms with Crippen LogP contribution in [0.2, 0.25) is 0 Å². The summed E-state index contributed by atoms with van der Waals surface area (Å²) in [5, 5.41) is 8.48. The number of rotatable bonds is 5. The summed E-state index contributed by atoms with van der Waals surface area (Å²) in [5.41, 5.74) is -0.500. The number of carboxylic acid groups (broad SMARTS) is 1. The fourth-order valence-corrected chi connectivity index (χ4v) is 1.64. The molecule has 1 rings (SSSR count). The molecule has 0 unspecified atom stereocenters. The van der Waals surface area contributed by atoms with E-state index in [-0.39, 0.29) is 12.5 Å². The summed E-state index contributed by atoms with van der Waals surface area (Å²) >= 11 is 0. The number of nitrogens with zero attached hydrogens (tertiary/aromatic N) is 2. The van der Waals surface area contributed by atoms with Crippen molar-refractivity contribution in [1.82, 2.24) is 9.80 Å². The van der Waals surface area contributed by atoms with Crippen LogP contribution in [0.3, 0.4) is 0 Å². The first-order valence-electron chi connectivity index (χ1n) is 5.11. The van der Waals surface area contributed by atoms with E-state index in [1.807, 2.05) is 21.0 Å². The second kappa shape index (κ2) is 4.80. The number of likely N-dealkylation sites (tertiary alicyclic amines) is 1. The maximum absolute atomic E-state index is 11.6. The van der Waals surface area contributed by atoms with E-state index < -0.39 is 11.6 Å². The van der Waals surface area contributed by atoms with Gasteiger partial charge in [-0.05, 0) is 21.0 Å². The molecule has 1 fully saturated rings. The summed E-state index contributed by atoms with van der Waals surface area (Å²) in [6, 6.07) is 0. The minimum atomic E-state index is -0.987. The van der Waals surface area contributed by atoms with Gasteiger partial charge in [-0.2, -0.15) is 0 Å². The number of aliphatic carboxylic acids is 1. The Morgan fingerprint density at radius 3 is 2.44 bits per heavy atom. The zero-order valence-corrected chi connectivity index (χ0v) is 9.89. The van der Waals surface area contributed by atoms with Crippen molar-refractivity contribution >= 4 is 11.9 Å². The number of hydrogen-bond acceptors (Lipinski definition) is 4. The van der Waals surface area contributed by atoms with Crippen LogP contribution in [0.15, 0.2) is 0 Å². The molecule has 0 atom stereocenters. The van der Waals surface area contributed by atoms with E-state index in [1.54, 1.807) is 9.80 Å². The normalized spacial score (nSPS) is 18.4. The van der Waals surface area contributed by atoms with Gasteiger partial charge in [-0.3, -0.25) is 4.79 Å². The summed E-state index contributed by atoms with van der Waals surface area (Å²) in [4.78, 5) is 25.4. The van der Waals surface area contributed by atoms with Crippen molar-refractivity contribution in [2.75, 3.05) is 40.3 Å². The van der Waals surface area contributed by atoms with Gasteiger partial charge in [0.05, 0.1) is 19.6 Å². The lowest BCUT2D eigenvalue weighted by Crippen LogP contribution is -2.64. The van der Waals surface area contributed by atoms with Gasteiger partial charge in [-0.1, -0.05) is 0 Å². The van der Waals surface area contributed by atoms with Crippen molar-refractivity contribution in [1.29, 1.82) is 0 Å². The fourth-order valence-electron chi connectivity index (χ4n) is 1.64. The van der Waals surface area contributed by atoms with Gasteiger partial charge in [-0.15, -0.1) is 0 Å². The number of carbonyl (C=O) groups is 2. The molecule has 1 N–H and O–H groups in total. The van der Waals surface area contributed by atoms with Crippen LogP contribution in [-0.2, 0) is 14.3 Å². The zero-order chi connectivity index (χ0) is 12.3. The average molecular weight is 230 g/mol. The molecule has 16 heavy (non-hydrogen) atoms. The number of amides is 1. The first-order valence-corrected chi connectivity index (χ1v) is 5.11. The summed E-state index contributed by atoms with van der Waals surface area (Å²) in [6.45, 7) is 2.80. The molecule has 6 nitrogen and oxygen atoms in total. The summed E-state index contributed by atoms with van der Waals surface area (Å²) in [7, 11) is 3.66. The predicted molar refractivity (Wildman–Crippen MR) is 57.1 cm³/mol. The minimum Gasteiger partial charge on any atom is -0.480 e. The molecule has 0 saturated carbocycles. The van der Waals surface area contributed by atoms with Gasteiger partial charge in [0.1, 0.15) is 12.2 Å². The maximum Gasteiger partial charge on any atom is 0.329 e. The van der Waals surface area contributed by atoms with E-state index in [1.165, 1.54) is 0 Å². The Morgan fingerprint density at radius 1 is 1.44 bits per heavy atom.